The number of carbonyl (C=O) groups is 1. The molecule has 0 heterocycles. The highest BCUT2D eigenvalue weighted by atomic mass is 16.5. The molecule has 0 bridgehead atoms. The Labute approximate surface area is 128 Å². The average Bonchev–Trinajstić information content (AvgIpc) is 2.37. The molecule has 0 unspecified atom stereocenters. The largest absolute Gasteiger partial charge is 0.496 e. The van der Waals surface area contributed by atoms with Crippen molar-refractivity contribution in [1.29, 1.82) is 0 Å². The van der Waals surface area contributed by atoms with E-state index in [1.807, 2.05) is 26.1 Å². The van der Waals surface area contributed by atoms with Gasteiger partial charge in [-0.3, -0.25) is 4.79 Å². The minimum atomic E-state index is 0.0403. The Hall–Kier alpha value is -1.55. The number of hydrogen-bond donors (Lipinski definition) is 1. The predicted molar refractivity (Wildman–Crippen MR) is 86.6 cm³/mol. The molecule has 0 aromatic heterocycles. The molecule has 4 nitrogen and oxygen atoms in total. The van der Waals surface area contributed by atoms with Gasteiger partial charge in [-0.05, 0) is 33.8 Å². The fraction of sp³-hybridized carbons (Fsp3) is 0.588. The number of benzene rings is 1. The van der Waals surface area contributed by atoms with Crippen LogP contribution >= 0.6 is 0 Å². The molecule has 0 saturated heterocycles. The third-order valence-corrected chi connectivity index (χ3v) is 3.26. The van der Waals surface area contributed by atoms with Gasteiger partial charge in [0.2, 0.25) is 5.91 Å². The van der Waals surface area contributed by atoms with Gasteiger partial charge in [0.05, 0.1) is 7.11 Å². The van der Waals surface area contributed by atoms with Crippen molar-refractivity contribution < 1.29 is 9.53 Å². The van der Waals surface area contributed by atoms with E-state index in [-0.39, 0.29) is 11.4 Å². The van der Waals surface area contributed by atoms with Gasteiger partial charge >= 0.3 is 0 Å². The van der Waals surface area contributed by atoms with E-state index >= 15 is 0 Å². The fourth-order valence-corrected chi connectivity index (χ4v) is 2.11. The van der Waals surface area contributed by atoms with Crippen LogP contribution in [0.5, 0.6) is 5.75 Å². The second kappa shape index (κ2) is 7.46. The second-order valence-corrected chi connectivity index (χ2v) is 6.49. The number of methoxy groups -OCH3 is 1. The number of ether oxygens (including phenoxy) is 1. The minimum absolute atomic E-state index is 0.0403. The van der Waals surface area contributed by atoms with Crippen LogP contribution in [0.4, 0.5) is 0 Å². The first-order valence-corrected chi connectivity index (χ1v) is 7.35. The molecule has 0 atom stereocenters. The molecule has 0 aliphatic carbocycles. The lowest BCUT2D eigenvalue weighted by Crippen LogP contribution is -2.38. The lowest BCUT2D eigenvalue weighted by atomic mass is 10.1. The van der Waals surface area contributed by atoms with Crippen molar-refractivity contribution in [1.82, 2.24) is 10.2 Å². The summed E-state index contributed by atoms with van der Waals surface area (Å²) in [4.78, 5) is 13.9. The molecular formula is C17H28N2O2. The Morgan fingerprint density at radius 2 is 2.00 bits per heavy atom. The van der Waals surface area contributed by atoms with E-state index in [1.165, 1.54) is 5.56 Å². The maximum absolute atomic E-state index is 12.2. The van der Waals surface area contributed by atoms with Crippen molar-refractivity contribution in [2.75, 3.05) is 20.7 Å². The quantitative estimate of drug-likeness (QED) is 0.876. The number of hydrogen-bond acceptors (Lipinski definition) is 3. The molecular weight excluding hydrogens is 264 g/mol. The van der Waals surface area contributed by atoms with Crippen molar-refractivity contribution in [2.24, 2.45) is 0 Å². The Balaban J connectivity index is 2.58. The van der Waals surface area contributed by atoms with Gasteiger partial charge < -0.3 is 15.0 Å². The number of nitrogens with one attached hydrogen (secondary N) is 1. The van der Waals surface area contributed by atoms with E-state index in [1.54, 1.807) is 12.0 Å². The maximum atomic E-state index is 12.2. The number of rotatable bonds is 6. The molecule has 0 aliphatic heterocycles. The Kier molecular flexibility index (Phi) is 6.21. The Morgan fingerprint density at radius 1 is 1.33 bits per heavy atom. The van der Waals surface area contributed by atoms with Gasteiger partial charge in [-0.15, -0.1) is 0 Å². The van der Waals surface area contributed by atoms with Crippen LogP contribution in [0.1, 0.15) is 38.3 Å². The van der Waals surface area contributed by atoms with Gasteiger partial charge in [0, 0.05) is 37.7 Å². The zero-order valence-corrected chi connectivity index (χ0v) is 14.1. The van der Waals surface area contributed by atoms with E-state index in [0.717, 1.165) is 11.3 Å². The van der Waals surface area contributed by atoms with E-state index in [9.17, 15) is 4.79 Å². The van der Waals surface area contributed by atoms with Crippen LogP contribution in [0, 0.1) is 6.92 Å². The van der Waals surface area contributed by atoms with Crippen LogP contribution in [0.25, 0.3) is 0 Å². The average molecular weight is 292 g/mol. The van der Waals surface area contributed by atoms with Crippen LogP contribution in [-0.4, -0.2) is 37.0 Å². The standard InChI is InChI=1S/C17H28N2O2/c1-13-7-8-15(21-6)14(11-13)12-19(5)16(20)9-10-18-17(2,3)4/h7-8,11,18H,9-10,12H2,1-6H3. The summed E-state index contributed by atoms with van der Waals surface area (Å²) in [6.07, 6.45) is 0.502. The lowest BCUT2D eigenvalue weighted by Gasteiger charge is -2.22. The molecule has 0 aliphatic rings. The Bertz CT molecular complexity index is 478. The maximum Gasteiger partial charge on any atom is 0.223 e. The molecule has 1 aromatic rings. The minimum Gasteiger partial charge on any atom is -0.496 e. The van der Waals surface area contributed by atoms with Gasteiger partial charge in [0.15, 0.2) is 0 Å². The highest BCUT2D eigenvalue weighted by molar-refractivity contribution is 5.76. The summed E-state index contributed by atoms with van der Waals surface area (Å²) in [6, 6.07) is 6.03. The molecule has 0 saturated carbocycles. The van der Waals surface area contributed by atoms with Gasteiger partial charge in [0.25, 0.3) is 0 Å². The Morgan fingerprint density at radius 3 is 2.57 bits per heavy atom. The monoisotopic (exact) mass is 292 g/mol. The number of aryl methyl sites for hydroxylation is 1. The van der Waals surface area contributed by atoms with Gasteiger partial charge in [0.1, 0.15) is 5.75 Å². The van der Waals surface area contributed by atoms with Crippen molar-refractivity contribution in [3.63, 3.8) is 0 Å². The van der Waals surface area contributed by atoms with Crippen molar-refractivity contribution in [2.45, 2.75) is 46.2 Å². The van der Waals surface area contributed by atoms with Crippen LogP contribution in [0.3, 0.4) is 0 Å². The molecule has 0 spiro atoms. The molecule has 1 rings (SSSR count). The van der Waals surface area contributed by atoms with Crippen molar-refractivity contribution in [3.8, 4) is 5.75 Å². The lowest BCUT2D eigenvalue weighted by molar-refractivity contribution is -0.130. The summed E-state index contributed by atoms with van der Waals surface area (Å²) in [5, 5.41) is 3.33. The van der Waals surface area contributed by atoms with E-state index in [4.69, 9.17) is 4.74 Å². The summed E-state index contributed by atoms with van der Waals surface area (Å²) in [5.41, 5.74) is 2.25. The smallest absolute Gasteiger partial charge is 0.223 e. The van der Waals surface area contributed by atoms with Crippen LogP contribution in [0.2, 0.25) is 0 Å². The van der Waals surface area contributed by atoms with Crippen molar-refractivity contribution in [3.05, 3.63) is 29.3 Å². The third kappa shape index (κ3) is 6.17. The zero-order chi connectivity index (χ0) is 16.0. The molecule has 1 aromatic carbocycles. The summed E-state index contributed by atoms with van der Waals surface area (Å²) in [5.74, 6) is 0.961. The molecule has 1 N–H and O–H groups in total. The van der Waals surface area contributed by atoms with Crippen LogP contribution < -0.4 is 10.1 Å². The molecule has 0 fully saturated rings. The number of amides is 1. The topological polar surface area (TPSA) is 41.6 Å². The number of nitrogens with zero attached hydrogens (tertiary/aromatic N) is 1. The first kappa shape index (κ1) is 17.5. The van der Waals surface area contributed by atoms with E-state index in [0.29, 0.717) is 19.5 Å². The van der Waals surface area contributed by atoms with Crippen LogP contribution in [0.15, 0.2) is 18.2 Å². The summed E-state index contributed by atoms with van der Waals surface area (Å²) >= 11 is 0. The fourth-order valence-electron chi connectivity index (χ4n) is 2.11. The van der Waals surface area contributed by atoms with Crippen molar-refractivity contribution >= 4 is 5.91 Å². The van der Waals surface area contributed by atoms with E-state index in [2.05, 4.69) is 32.2 Å². The van der Waals surface area contributed by atoms with Gasteiger partial charge in [-0.2, -0.15) is 0 Å². The highest BCUT2D eigenvalue weighted by Gasteiger charge is 2.14. The third-order valence-electron chi connectivity index (χ3n) is 3.26. The highest BCUT2D eigenvalue weighted by Crippen LogP contribution is 2.21. The summed E-state index contributed by atoms with van der Waals surface area (Å²) in [6.45, 7) is 9.59. The molecule has 4 heteroatoms. The van der Waals surface area contributed by atoms with Gasteiger partial charge in [-0.25, -0.2) is 0 Å². The first-order valence-electron chi connectivity index (χ1n) is 7.35. The summed E-state index contributed by atoms with van der Waals surface area (Å²) < 4.78 is 5.36. The second-order valence-electron chi connectivity index (χ2n) is 6.49. The number of carbonyl (C=O) groups excluding carboxylic acids is 1. The van der Waals surface area contributed by atoms with E-state index < -0.39 is 0 Å². The SMILES string of the molecule is COc1ccc(C)cc1CN(C)C(=O)CCNC(C)(C)C. The summed E-state index contributed by atoms with van der Waals surface area (Å²) in [7, 11) is 3.49. The van der Waals surface area contributed by atoms with Crippen LogP contribution in [-0.2, 0) is 11.3 Å². The predicted octanol–water partition coefficient (Wildman–Crippen LogP) is 2.74. The van der Waals surface area contributed by atoms with Gasteiger partial charge in [-0.1, -0.05) is 17.7 Å². The molecule has 0 radical (unpaired) electrons. The molecule has 118 valence electrons. The molecule has 21 heavy (non-hydrogen) atoms. The zero-order valence-electron chi connectivity index (χ0n) is 14.1. The normalized spacial score (nSPS) is 11.3. The molecule has 1 amide bonds. The first-order chi connectivity index (χ1) is 9.73.